The van der Waals surface area contributed by atoms with Crippen LogP contribution in [0.2, 0.25) is 0 Å². The molecule has 3 aromatic rings. The summed E-state index contributed by atoms with van der Waals surface area (Å²) in [5, 5.41) is 19.2. The van der Waals surface area contributed by atoms with Crippen molar-refractivity contribution in [3.05, 3.63) is 64.0 Å². The zero-order valence-electron chi connectivity index (χ0n) is 13.1. The number of nitrogens with zero attached hydrogens (tertiary/aromatic N) is 2. The number of aromatic nitrogens is 3. The number of carboxylic acid groups (broad SMARTS) is 1. The molecule has 0 spiro atoms. The van der Waals surface area contributed by atoms with Gasteiger partial charge in [-0.3, -0.25) is 9.78 Å². The van der Waals surface area contributed by atoms with Crippen molar-refractivity contribution >= 4 is 16.9 Å². The third kappa shape index (κ3) is 2.69. The minimum Gasteiger partial charge on any atom is -0.477 e. The zero-order valence-corrected chi connectivity index (χ0v) is 13.1. The number of nitrogens with one attached hydrogen (secondary N) is 1. The Balaban J connectivity index is 2.28. The minimum atomic E-state index is -1.13. The molecule has 0 fully saturated rings. The Labute approximate surface area is 137 Å². The molecular weight excluding hydrogens is 310 g/mol. The summed E-state index contributed by atoms with van der Waals surface area (Å²) in [5.41, 5.74) is 1.41. The molecule has 1 unspecified atom stereocenters. The highest BCUT2D eigenvalue weighted by Crippen LogP contribution is 2.31. The number of aromatic carboxylic acids is 1. The van der Waals surface area contributed by atoms with Gasteiger partial charge < -0.3 is 19.8 Å². The first-order valence-electron chi connectivity index (χ1n) is 7.50. The number of H-pyrrole nitrogens is 1. The summed E-state index contributed by atoms with van der Waals surface area (Å²) in [6.45, 7) is -0.0538. The Kier molecular flexibility index (Phi) is 4.18. The smallest absolute Gasteiger partial charge is 0.352 e. The molecule has 124 valence electrons. The lowest BCUT2D eigenvalue weighted by Crippen LogP contribution is -2.19. The van der Waals surface area contributed by atoms with Gasteiger partial charge in [-0.2, -0.15) is 0 Å². The second-order valence-corrected chi connectivity index (χ2v) is 5.60. The van der Waals surface area contributed by atoms with Gasteiger partial charge in [0.15, 0.2) is 0 Å². The van der Waals surface area contributed by atoms with E-state index >= 15 is 0 Å². The number of aryl methyl sites for hydroxylation is 1. The van der Waals surface area contributed by atoms with Gasteiger partial charge in [0.05, 0.1) is 0 Å². The molecule has 1 atom stereocenters. The first-order chi connectivity index (χ1) is 11.5. The highest BCUT2D eigenvalue weighted by atomic mass is 16.4. The number of carboxylic acids is 1. The van der Waals surface area contributed by atoms with Crippen LogP contribution in [0.1, 0.15) is 34.1 Å². The molecule has 3 N–H and O–H groups in total. The van der Waals surface area contributed by atoms with E-state index < -0.39 is 5.97 Å². The summed E-state index contributed by atoms with van der Waals surface area (Å²) in [6.07, 6.45) is 3.76. The molecule has 0 amide bonds. The van der Waals surface area contributed by atoms with Gasteiger partial charge in [-0.25, -0.2) is 4.79 Å². The fourth-order valence-corrected chi connectivity index (χ4v) is 2.93. The van der Waals surface area contributed by atoms with E-state index in [1.54, 1.807) is 25.5 Å². The SMILES string of the molecule is Cn1cc(C(CCO)c2ccccn2)c2cc(C(=O)O)[nH]c2c1=O. The molecule has 7 heteroatoms. The van der Waals surface area contributed by atoms with Gasteiger partial charge in [0, 0.05) is 43.0 Å². The van der Waals surface area contributed by atoms with Gasteiger partial charge in [-0.15, -0.1) is 0 Å². The lowest BCUT2D eigenvalue weighted by molar-refractivity contribution is 0.0691. The number of hydrogen-bond donors (Lipinski definition) is 3. The van der Waals surface area contributed by atoms with Crippen molar-refractivity contribution < 1.29 is 15.0 Å². The predicted octanol–water partition coefficient (Wildman–Crippen LogP) is 1.47. The number of aliphatic hydroxyl groups is 1. The van der Waals surface area contributed by atoms with E-state index in [2.05, 4.69) is 9.97 Å². The number of fused-ring (bicyclic) bond motifs is 1. The topological polar surface area (TPSA) is 108 Å². The molecule has 3 rings (SSSR count). The quantitative estimate of drug-likeness (QED) is 0.658. The van der Waals surface area contributed by atoms with Crippen LogP contribution in [-0.4, -0.2) is 37.3 Å². The van der Waals surface area contributed by atoms with Crippen molar-refractivity contribution in [2.45, 2.75) is 12.3 Å². The summed E-state index contributed by atoms with van der Waals surface area (Å²) in [6, 6.07) is 6.96. The molecule has 3 aromatic heterocycles. The van der Waals surface area contributed by atoms with Crippen molar-refractivity contribution in [1.29, 1.82) is 0 Å². The monoisotopic (exact) mass is 327 g/mol. The average molecular weight is 327 g/mol. The second kappa shape index (κ2) is 6.29. The normalized spacial score (nSPS) is 12.4. The highest BCUT2D eigenvalue weighted by molar-refractivity contribution is 5.95. The van der Waals surface area contributed by atoms with Crippen LogP contribution in [0.5, 0.6) is 0 Å². The summed E-state index contributed by atoms with van der Waals surface area (Å²) >= 11 is 0. The van der Waals surface area contributed by atoms with Crippen LogP contribution in [0.4, 0.5) is 0 Å². The third-order valence-corrected chi connectivity index (χ3v) is 4.06. The molecule has 0 aliphatic rings. The van der Waals surface area contributed by atoms with Crippen LogP contribution in [0.25, 0.3) is 10.9 Å². The van der Waals surface area contributed by atoms with Crippen LogP contribution in [0, 0.1) is 0 Å². The Morgan fingerprint density at radius 1 is 1.42 bits per heavy atom. The van der Waals surface area contributed by atoms with E-state index in [1.165, 1.54) is 10.6 Å². The van der Waals surface area contributed by atoms with E-state index in [1.807, 2.05) is 12.1 Å². The molecule has 3 heterocycles. The number of pyridine rings is 2. The van der Waals surface area contributed by atoms with Gasteiger partial charge >= 0.3 is 5.97 Å². The number of carbonyl (C=O) groups is 1. The van der Waals surface area contributed by atoms with Gasteiger partial charge in [0.1, 0.15) is 11.2 Å². The van der Waals surface area contributed by atoms with Crippen LogP contribution >= 0.6 is 0 Å². The number of hydrogen-bond acceptors (Lipinski definition) is 4. The van der Waals surface area contributed by atoms with Crippen LogP contribution < -0.4 is 5.56 Å². The Bertz CT molecular complexity index is 944. The van der Waals surface area contributed by atoms with E-state index in [9.17, 15) is 19.8 Å². The Morgan fingerprint density at radius 3 is 2.83 bits per heavy atom. The molecule has 0 bridgehead atoms. The average Bonchev–Trinajstić information content (AvgIpc) is 3.03. The number of aromatic amines is 1. The minimum absolute atomic E-state index is 0.0432. The molecule has 0 aliphatic carbocycles. The first kappa shape index (κ1) is 15.9. The molecule has 0 saturated heterocycles. The first-order valence-corrected chi connectivity index (χ1v) is 7.50. The summed E-state index contributed by atoms with van der Waals surface area (Å²) in [4.78, 5) is 30.6. The maximum absolute atomic E-state index is 12.3. The predicted molar refractivity (Wildman–Crippen MR) is 88.3 cm³/mol. The Hall–Kier alpha value is -2.93. The van der Waals surface area contributed by atoms with Crippen molar-refractivity contribution in [2.24, 2.45) is 7.05 Å². The molecule has 0 radical (unpaired) electrons. The van der Waals surface area contributed by atoms with Crippen LogP contribution in [-0.2, 0) is 7.05 Å². The highest BCUT2D eigenvalue weighted by Gasteiger charge is 2.22. The summed E-state index contributed by atoms with van der Waals surface area (Å²) in [5.74, 6) is -1.38. The van der Waals surface area contributed by atoms with E-state index in [4.69, 9.17) is 0 Å². The number of aliphatic hydroxyl groups excluding tert-OH is 1. The molecule has 0 aromatic carbocycles. The largest absolute Gasteiger partial charge is 0.477 e. The molecule has 0 aliphatic heterocycles. The van der Waals surface area contributed by atoms with Gasteiger partial charge in [-0.1, -0.05) is 6.07 Å². The molecular formula is C17H17N3O4. The third-order valence-electron chi connectivity index (χ3n) is 4.06. The van der Waals surface area contributed by atoms with Crippen molar-refractivity contribution in [3.63, 3.8) is 0 Å². The van der Waals surface area contributed by atoms with Crippen LogP contribution in [0.15, 0.2) is 41.5 Å². The van der Waals surface area contributed by atoms with Gasteiger partial charge in [0.2, 0.25) is 0 Å². The zero-order chi connectivity index (χ0) is 17.3. The number of rotatable bonds is 5. The maximum Gasteiger partial charge on any atom is 0.352 e. The molecule has 24 heavy (non-hydrogen) atoms. The summed E-state index contributed by atoms with van der Waals surface area (Å²) < 4.78 is 1.41. The van der Waals surface area contributed by atoms with E-state index in [0.717, 1.165) is 11.3 Å². The van der Waals surface area contributed by atoms with Crippen molar-refractivity contribution in [3.8, 4) is 0 Å². The molecule has 7 nitrogen and oxygen atoms in total. The standard InChI is InChI=1S/C17H17N3O4/c1-20-9-12(10(5-7-21)13-4-2-3-6-18-13)11-8-14(17(23)24)19-15(11)16(20)22/h2-4,6,8-10,19,21H,5,7H2,1H3,(H,23,24). The van der Waals surface area contributed by atoms with Crippen LogP contribution in [0.3, 0.4) is 0 Å². The summed E-state index contributed by atoms with van der Waals surface area (Å²) in [7, 11) is 1.61. The maximum atomic E-state index is 12.3. The fraction of sp³-hybridized carbons (Fsp3) is 0.235. The van der Waals surface area contributed by atoms with E-state index in [0.29, 0.717) is 11.8 Å². The Morgan fingerprint density at radius 2 is 2.21 bits per heavy atom. The lowest BCUT2D eigenvalue weighted by Gasteiger charge is -2.17. The second-order valence-electron chi connectivity index (χ2n) is 5.60. The van der Waals surface area contributed by atoms with Gasteiger partial charge in [0.25, 0.3) is 5.56 Å². The van der Waals surface area contributed by atoms with Crippen molar-refractivity contribution in [1.82, 2.24) is 14.5 Å². The van der Waals surface area contributed by atoms with E-state index in [-0.39, 0.29) is 29.3 Å². The lowest BCUT2D eigenvalue weighted by atomic mass is 9.91. The van der Waals surface area contributed by atoms with Gasteiger partial charge in [-0.05, 0) is 30.2 Å². The molecule has 0 saturated carbocycles. The fourth-order valence-electron chi connectivity index (χ4n) is 2.93. The van der Waals surface area contributed by atoms with Crippen molar-refractivity contribution in [2.75, 3.05) is 6.61 Å².